The van der Waals surface area contributed by atoms with Crippen LogP contribution in [0.1, 0.15) is 110 Å². The van der Waals surface area contributed by atoms with Crippen LogP contribution in [0.3, 0.4) is 0 Å². The van der Waals surface area contributed by atoms with Gasteiger partial charge in [-0.05, 0) is 25.7 Å². The summed E-state index contributed by atoms with van der Waals surface area (Å²) in [6, 6.07) is 0. The smallest absolute Gasteiger partial charge is 0.542 e. The molecule has 1 atom stereocenters. The molecule has 30 heavy (non-hydrogen) atoms. The molecule has 1 radical (unpaired) electrons. The molecular formula is C23H43N2NiO3S. The number of allylic oxidation sites excluding steroid dienone is 2. The predicted octanol–water partition coefficient (Wildman–Crippen LogP) is 6.69. The standard InChI is InChI=1S/C13H23N2O2S.C7H13O.C3H7.Ni/c1-2-3-4-5-6-7-8-9-10-11-12-13-14-17-18(16)15-13;1-2-3-4-5-6-7-8;1-3-2;/h5-6H,1-4,7-12H2,(H,14,15);2-6H2,1H3;1,3H2,2H3;/q3*-1;+3/b6-5-;;;. The second-order valence-electron chi connectivity index (χ2n) is 6.82. The second kappa shape index (κ2) is 30.7. The first-order valence-electron chi connectivity index (χ1n) is 11.2. The zero-order valence-corrected chi connectivity index (χ0v) is 20.9. The summed E-state index contributed by atoms with van der Waals surface area (Å²) in [6.07, 6.45) is 22.8. The summed E-state index contributed by atoms with van der Waals surface area (Å²) in [5.41, 5.74) is 2.57. The van der Waals surface area contributed by atoms with Gasteiger partial charge in [-0.2, -0.15) is 23.5 Å². The molecule has 179 valence electrons. The topological polar surface area (TPSA) is 67.8 Å². The van der Waals surface area contributed by atoms with E-state index in [0.717, 1.165) is 38.5 Å². The average Bonchev–Trinajstić information content (AvgIpc) is 3.13. The first-order chi connectivity index (χ1) is 14.2. The number of hydrogen-bond acceptors (Lipinski definition) is 4. The molecule has 0 aromatic heterocycles. The Morgan fingerprint density at radius 2 is 1.60 bits per heavy atom. The number of nitrogens with zero attached hydrogens (tertiary/aromatic N) is 1. The molecule has 0 amide bonds. The van der Waals surface area contributed by atoms with E-state index in [0.29, 0.717) is 12.3 Å². The zero-order valence-electron chi connectivity index (χ0n) is 19.1. The summed E-state index contributed by atoms with van der Waals surface area (Å²) in [4.78, 5) is 9.64. The molecule has 7 heteroatoms. The maximum Gasteiger partial charge on any atom is 3.00 e. The SMILES string of the molecule is CCCCCC[C-]=O.[CH2-]CC.[CH2-]CCC/C=C\CCCCCCC1=NS(=O)ON1.[Ni+3]. The van der Waals surface area contributed by atoms with Crippen molar-refractivity contribution in [2.75, 3.05) is 0 Å². The van der Waals surface area contributed by atoms with Crippen LogP contribution in [0, 0.1) is 13.8 Å². The second-order valence-corrected chi connectivity index (χ2v) is 7.60. The Bertz CT molecular complexity index is 433. The predicted molar refractivity (Wildman–Crippen MR) is 126 cm³/mol. The van der Waals surface area contributed by atoms with Crippen LogP contribution in [0.2, 0.25) is 0 Å². The van der Waals surface area contributed by atoms with Crippen LogP contribution in [0.4, 0.5) is 0 Å². The Labute approximate surface area is 199 Å². The molecule has 1 N–H and O–H groups in total. The Hall–Kier alpha value is -0.516. The normalized spacial score (nSPS) is 14.5. The molecule has 0 spiro atoms. The largest absolute Gasteiger partial charge is 3.00 e. The first-order valence-corrected chi connectivity index (χ1v) is 12.2. The van der Waals surface area contributed by atoms with E-state index in [4.69, 9.17) is 0 Å². The van der Waals surface area contributed by atoms with Crippen molar-refractivity contribution in [3.63, 3.8) is 0 Å². The van der Waals surface area contributed by atoms with Gasteiger partial charge in [-0.3, -0.25) is 6.29 Å². The number of carbonyl (C=O) groups excluding carboxylic acids is 1. The van der Waals surface area contributed by atoms with Crippen LogP contribution < -0.4 is 5.48 Å². The average molecular weight is 486 g/mol. The Morgan fingerprint density at radius 1 is 1.00 bits per heavy atom. The van der Waals surface area contributed by atoms with Crippen LogP contribution in [-0.4, -0.2) is 16.3 Å². The van der Waals surface area contributed by atoms with Crippen LogP contribution in [0.15, 0.2) is 16.5 Å². The Morgan fingerprint density at radius 3 is 2.13 bits per heavy atom. The van der Waals surface area contributed by atoms with Gasteiger partial charge in [-0.25, -0.2) is 9.69 Å². The van der Waals surface area contributed by atoms with Crippen molar-refractivity contribution in [2.45, 2.75) is 110 Å². The van der Waals surface area contributed by atoms with Gasteiger partial charge in [0.05, 0.1) is 0 Å². The summed E-state index contributed by atoms with van der Waals surface area (Å²) < 4.78 is 19.2. The molecular weight excluding hydrogens is 443 g/mol. The van der Waals surface area contributed by atoms with Crippen molar-refractivity contribution in [2.24, 2.45) is 4.40 Å². The molecule has 0 saturated heterocycles. The van der Waals surface area contributed by atoms with E-state index < -0.39 is 11.3 Å². The monoisotopic (exact) mass is 485 g/mol. The maximum absolute atomic E-state index is 10.8. The van der Waals surface area contributed by atoms with E-state index in [1.807, 2.05) is 13.2 Å². The van der Waals surface area contributed by atoms with Crippen molar-refractivity contribution in [1.29, 1.82) is 0 Å². The van der Waals surface area contributed by atoms with Crippen molar-refractivity contribution >= 4 is 23.4 Å². The summed E-state index contributed by atoms with van der Waals surface area (Å²) in [6.45, 7) is 11.5. The molecule has 0 aromatic rings. The molecule has 1 heterocycles. The Balaban J connectivity index is -0.000000511. The molecule has 5 nitrogen and oxygen atoms in total. The van der Waals surface area contributed by atoms with E-state index in [-0.39, 0.29) is 16.5 Å². The van der Waals surface area contributed by atoms with Crippen molar-refractivity contribution in [3.8, 4) is 0 Å². The molecule has 1 unspecified atom stereocenters. The number of nitrogens with one attached hydrogen (secondary N) is 1. The maximum atomic E-state index is 10.8. The minimum Gasteiger partial charge on any atom is -0.542 e. The Kier molecular flexibility index (Phi) is 34.9. The fraction of sp³-hybridized carbons (Fsp3) is 0.739. The van der Waals surface area contributed by atoms with E-state index in [1.54, 1.807) is 0 Å². The quantitative estimate of drug-likeness (QED) is 0.121. The van der Waals surface area contributed by atoms with E-state index >= 15 is 0 Å². The summed E-state index contributed by atoms with van der Waals surface area (Å²) >= 11 is -1.50. The summed E-state index contributed by atoms with van der Waals surface area (Å²) in [5, 5.41) is 0. The van der Waals surface area contributed by atoms with Gasteiger partial charge in [-0.1, -0.05) is 70.9 Å². The molecule has 0 bridgehead atoms. The van der Waals surface area contributed by atoms with E-state index in [2.05, 4.69) is 47.1 Å². The van der Waals surface area contributed by atoms with Gasteiger partial charge in [0, 0.05) is 6.42 Å². The molecule has 1 aliphatic heterocycles. The fourth-order valence-corrected chi connectivity index (χ4v) is 2.85. The van der Waals surface area contributed by atoms with Crippen molar-refractivity contribution in [3.05, 3.63) is 26.0 Å². The summed E-state index contributed by atoms with van der Waals surface area (Å²) in [5.74, 6) is 0.710. The van der Waals surface area contributed by atoms with E-state index in [9.17, 15) is 9.00 Å². The van der Waals surface area contributed by atoms with Crippen LogP contribution >= 0.6 is 0 Å². The zero-order chi connectivity index (χ0) is 22.0. The van der Waals surface area contributed by atoms with Crippen molar-refractivity contribution < 1.29 is 29.8 Å². The van der Waals surface area contributed by atoms with Gasteiger partial charge in [0.25, 0.3) is 0 Å². The van der Waals surface area contributed by atoms with Gasteiger partial charge in [0.2, 0.25) is 0 Å². The first kappa shape index (κ1) is 34.1. The van der Waals surface area contributed by atoms with E-state index in [1.165, 1.54) is 51.4 Å². The molecule has 0 aromatic carbocycles. The number of hydroxylamine groups is 1. The third kappa shape index (κ3) is 29.7. The van der Waals surface area contributed by atoms with Gasteiger partial charge < -0.3 is 18.6 Å². The summed E-state index contributed by atoms with van der Waals surface area (Å²) in [7, 11) is 0. The van der Waals surface area contributed by atoms with Gasteiger partial charge in [-0.15, -0.1) is 4.40 Å². The minimum atomic E-state index is -1.50. The molecule has 0 fully saturated rings. The van der Waals surface area contributed by atoms with Crippen LogP contribution in [-0.2, 0) is 36.8 Å². The number of rotatable bonds is 15. The molecule has 0 saturated carbocycles. The minimum absolute atomic E-state index is 0. The fourth-order valence-electron chi connectivity index (χ4n) is 2.34. The van der Waals surface area contributed by atoms with Gasteiger partial charge in [0.1, 0.15) is 5.84 Å². The van der Waals surface area contributed by atoms with Gasteiger partial charge >= 0.3 is 27.8 Å². The number of amidine groups is 1. The third-order valence-corrected chi connectivity index (χ3v) is 4.47. The number of unbranched alkanes of at least 4 members (excludes halogenated alkanes) is 10. The third-order valence-electron chi connectivity index (χ3n) is 3.87. The van der Waals surface area contributed by atoms with Crippen LogP contribution in [0.5, 0.6) is 0 Å². The molecule has 0 aliphatic carbocycles. The molecule has 1 rings (SSSR count). The van der Waals surface area contributed by atoms with Gasteiger partial charge in [0.15, 0.2) is 0 Å². The molecule has 1 aliphatic rings. The number of hydrogen-bond donors (Lipinski definition) is 1. The van der Waals surface area contributed by atoms with Crippen molar-refractivity contribution in [1.82, 2.24) is 5.48 Å². The van der Waals surface area contributed by atoms with Crippen LogP contribution in [0.25, 0.3) is 0 Å².